The average Bonchev–Trinajstić information content (AvgIpc) is 2.90. The van der Waals surface area contributed by atoms with Gasteiger partial charge in [0.1, 0.15) is 4.83 Å². The Bertz CT molecular complexity index is 828. The summed E-state index contributed by atoms with van der Waals surface area (Å²) in [5.74, 6) is 6.58. The van der Waals surface area contributed by atoms with Crippen LogP contribution in [0.4, 0.5) is 5.82 Å². The molecule has 0 saturated heterocycles. The number of nitrogens with zero attached hydrogens (tertiary/aromatic N) is 3. The number of thiophene rings is 1. The van der Waals surface area contributed by atoms with Crippen molar-refractivity contribution in [2.75, 3.05) is 5.43 Å². The molecule has 102 valence electrons. The molecule has 0 aromatic carbocycles. The van der Waals surface area contributed by atoms with E-state index in [1.807, 2.05) is 11.4 Å². The number of rotatable bonds is 3. The molecule has 6 nitrogen and oxygen atoms in total. The number of anilines is 1. The van der Waals surface area contributed by atoms with Gasteiger partial charge in [-0.1, -0.05) is 0 Å². The predicted molar refractivity (Wildman–Crippen MR) is 82.7 cm³/mol. The number of aromatic nitrogens is 3. The molecule has 3 N–H and O–H groups in total. The normalized spacial score (nSPS) is 10.9. The van der Waals surface area contributed by atoms with Crippen LogP contribution in [0.5, 0.6) is 0 Å². The molecule has 0 spiro atoms. The molecule has 0 fully saturated rings. The number of pyridine rings is 1. The summed E-state index contributed by atoms with van der Waals surface area (Å²) in [6.45, 7) is 0.292. The fourth-order valence-corrected chi connectivity index (χ4v) is 3.02. The maximum Gasteiger partial charge on any atom is 0.250 e. The number of halogens is 1. The molecule has 0 saturated carbocycles. The van der Waals surface area contributed by atoms with E-state index in [2.05, 4.69) is 31.3 Å². The summed E-state index contributed by atoms with van der Waals surface area (Å²) in [6.07, 6.45) is 1.71. The van der Waals surface area contributed by atoms with Crippen LogP contribution in [0.25, 0.3) is 10.2 Å². The van der Waals surface area contributed by atoms with E-state index >= 15 is 0 Å². The highest BCUT2D eigenvalue weighted by Crippen LogP contribution is 2.24. The fourth-order valence-electron chi connectivity index (χ4n) is 1.86. The van der Waals surface area contributed by atoms with Crippen molar-refractivity contribution < 1.29 is 0 Å². The molecule has 8 heteroatoms. The number of hydrogen-bond donors (Lipinski definition) is 2. The minimum atomic E-state index is -0.106. The van der Waals surface area contributed by atoms with Crippen LogP contribution in [-0.2, 0) is 6.54 Å². The van der Waals surface area contributed by atoms with Crippen molar-refractivity contribution >= 4 is 43.3 Å². The van der Waals surface area contributed by atoms with Gasteiger partial charge in [-0.05, 0) is 33.4 Å². The molecule has 0 radical (unpaired) electrons. The number of nitrogens with two attached hydrogens (primary N) is 1. The topological polar surface area (TPSA) is 85.8 Å². The highest BCUT2D eigenvalue weighted by atomic mass is 79.9. The second kappa shape index (κ2) is 5.31. The highest BCUT2D eigenvalue weighted by molar-refractivity contribution is 9.10. The van der Waals surface area contributed by atoms with Crippen molar-refractivity contribution in [3.05, 3.63) is 50.4 Å². The van der Waals surface area contributed by atoms with E-state index in [4.69, 9.17) is 5.84 Å². The van der Waals surface area contributed by atoms with Crippen molar-refractivity contribution in [2.24, 2.45) is 5.84 Å². The summed E-state index contributed by atoms with van der Waals surface area (Å²) in [5.41, 5.74) is 2.46. The van der Waals surface area contributed by atoms with Crippen LogP contribution in [-0.4, -0.2) is 14.5 Å². The van der Waals surface area contributed by atoms with Gasteiger partial charge in [0.05, 0.1) is 11.9 Å². The molecular weight excluding hydrogens is 342 g/mol. The zero-order chi connectivity index (χ0) is 14.1. The summed E-state index contributed by atoms with van der Waals surface area (Å²) < 4.78 is 2.37. The summed E-state index contributed by atoms with van der Waals surface area (Å²) in [6, 6.07) is 5.11. The van der Waals surface area contributed by atoms with Gasteiger partial charge in [0.25, 0.3) is 5.56 Å². The summed E-state index contributed by atoms with van der Waals surface area (Å²) >= 11 is 4.85. The molecule has 3 rings (SSSR count). The van der Waals surface area contributed by atoms with Crippen molar-refractivity contribution in [1.29, 1.82) is 0 Å². The van der Waals surface area contributed by atoms with Gasteiger partial charge in [0.2, 0.25) is 0 Å². The van der Waals surface area contributed by atoms with Crippen LogP contribution in [0.15, 0.2) is 39.0 Å². The van der Waals surface area contributed by atoms with Crippen molar-refractivity contribution in [3.63, 3.8) is 0 Å². The molecule has 0 bridgehead atoms. The zero-order valence-electron chi connectivity index (χ0n) is 10.2. The van der Waals surface area contributed by atoms with E-state index in [0.717, 1.165) is 14.7 Å². The first-order valence-electron chi connectivity index (χ1n) is 5.74. The van der Waals surface area contributed by atoms with Crippen molar-refractivity contribution in [3.8, 4) is 0 Å². The monoisotopic (exact) mass is 351 g/mol. The molecule has 0 aliphatic heterocycles. The van der Waals surface area contributed by atoms with Gasteiger partial charge in [-0.2, -0.15) is 0 Å². The number of fused-ring (bicyclic) bond motifs is 1. The Labute approximate surface area is 126 Å². The minimum absolute atomic E-state index is 0.106. The average molecular weight is 352 g/mol. The van der Waals surface area contributed by atoms with Crippen molar-refractivity contribution in [1.82, 2.24) is 14.5 Å². The van der Waals surface area contributed by atoms with Gasteiger partial charge in [-0.25, -0.2) is 15.8 Å². The van der Waals surface area contributed by atoms with E-state index in [0.29, 0.717) is 18.2 Å². The smallest absolute Gasteiger partial charge is 0.250 e. The molecular formula is C12H10BrN5OS. The Kier molecular flexibility index (Phi) is 3.51. The summed E-state index contributed by atoms with van der Waals surface area (Å²) in [5, 5.41) is 2.80. The van der Waals surface area contributed by atoms with Gasteiger partial charge in [0.15, 0.2) is 11.6 Å². The van der Waals surface area contributed by atoms with E-state index in [9.17, 15) is 4.79 Å². The minimum Gasteiger partial charge on any atom is -0.308 e. The van der Waals surface area contributed by atoms with Crippen molar-refractivity contribution in [2.45, 2.75) is 6.54 Å². The standard InChI is InChI=1S/C12H10BrN5OS/c13-7-1-2-10(19)18(5-7)6-9-15-11(17-14)8-3-4-20-12(8)16-9/h1-5H,6,14H2,(H,15,16,17). The Hall–Kier alpha value is -1.77. The Morgan fingerprint density at radius 3 is 3.00 bits per heavy atom. The lowest BCUT2D eigenvalue weighted by Gasteiger charge is -2.07. The fraction of sp³-hybridized carbons (Fsp3) is 0.0833. The number of hydrazine groups is 1. The molecule has 0 atom stereocenters. The van der Waals surface area contributed by atoms with E-state index < -0.39 is 0 Å². The lowest BCUT2D eigenvalue weighted by atomic mass is 10.3. The molecule has 0 aliphatic carbocycles. The van der Waals surface area contributed by atoms with Gasteiger partial charge in [-0.15, -0.1) is 11.3 Å². The van der Waals surface area contributed by atoms with Gasteiger partial charge >= 0.3 is 0 Å². The van der Waals surface area contributed by atoms with Crippen LogP contribution in [0.1, 0.15) is 5.82 Å². The van der Waals surface area contributed by atoms with Gasteiger partial charge in [-0.3, -0.25) is 4.79 Å². The molecule has 20 heavy (non-hydrogen) atoms. The third kappa shape index (κ3) is 2.45. The number of hydrogen-bond acceptors (Lipinski definition) is 6. The van der Waals surface area contributed by atoms with Gasteiger partial charge in [0, 0.05) is 16.7 Å². The Morgan fingerprint density at radius 2 is 2.20 bits per heavy atom. The third-order valence-electron chi connectivity index (χ3n) is 2.77. The van der Waals surface area contributed by atoms with Crippen LogP contribution in [0, 0.1) is 0 Å². The number of nitrogens with one attached hydrogen (secondary N) is 1. The largest absolute Gasteiger partial charge is 0.308 e. The predicted octanol–water partition coefficient (Wildman–Crippen LogP) is 1.95. The van der Waals surface area contributed by atoms with E-state index in [1.165, 1.54) is 17.4 Å². The first-order chi connectivity index (χ1) is 9.67. The molecule has 3 aromatic rings. The number of nitrogen functional groups attached to an aromatic ring is 1. The summed E-state index contributed by atoms with van der Waals surface area (Å²) in [4.78, 5) is 21.4. The first kappa shape index (κ1) is 13.2. The summed E-state index contributed by atoms with van der Waals surface area (Å²) in [7, 11) is 0. The SMILES string of the molecule is NNc1nc(Cn2cc(Br)ccc2=O)nc2sccc12. The van der Waals surface area contributed by atoms with E-state index in [1.54, 1.807) is 16.8 Å². The van der Waals surface area contributed by atoms with Crippen LogP contribution in [0.3, 0.4) is 0 Å². The maximum absolute atomic E-state index is 11.8. The quantitative estimate of drug-likeness (QED) is 0.556. The van der Waals surface area contributed by atoms with Crippen LogP contribution < -0.4 is 16.8 Å². The lowest BCUT2D eigenvalue weighted by Crippen LogP contribution is -2.20. The Balaban J connectivity index is 2.06. The molecule has 3 heterocycles. The van der Waals surface area contributed by atoms with Gasteiger partial charge < -0.3 is 9.99 Å². The molecule has 0 aliphatic rings. The van der Waals surface area contributed by atoms with E-state index in [-0.39, 0.29) is 5.56 Å². The van der Waals surface area contributed by atoms with Crippen LogP contribution >= 0.6 is 27.3 Å². The van der Waals surface area contributed by atoms with Crippen LogP contribution in [0.2, 0.25) is 0 Å². The molecule has 0 unspecified atom stereocenters. The Morgan fingerprint density at radius 1 is 1.35 bits per heavy atom. The second-order valence-corrected chi connectivity index (χ2v) is 5.90. The first-order valence-corrected chi connectivity index (χ1v) is 7.41. The maximum atomic E-state index is 11.8. The lowest BCUT2D eigenvalue weighted by molar-refractivity contribution is 0.717. The second-order valence-electron chi connectivity index (χ2n) is 4.09. The zero-order valence-corrected chi connectivity index (χ0v) is 12.6. The molecule has 3 aromatic heterocycles. The molecule has 0 amide bonds. The highest BCUT2D eigenvalue weighted by Gasteiger charge is 2.09. The third-order valence-corrected chi connectivity index (χ3v) is 4.04.